The molecule has 3 unspecified atom stereocenters. The van der Waals surface area contributed by atoms with E-state index in [0.29, 0.717) is 35.9 Å². The lowest BCUT2D eigenvalue weighted by Crippen LogP contribution is -2.42. The van der Waals surface area contributed by atoms with Gasteiger partial charge in [-0.25, -0.2) is 14.5 Å². The molecule has 0 bridgehead atoms. The summed E-state index contributed by atoms with van der Waals surface area (Å²) in [6.45, 7) is 1.16. The Bertz CT molecular complexity index is 919. The largest absolute Gasteiger partial charge is 0.346 e. The molecule has 3 aliphatic rings. The monoisotopic (exact) mass is 373 g/mol. The van der Waals surface area contributed by atoms with Gasteiger partial charge in [0.1, 0.15) is 17.0 Å². The molecule has 2 fully saturated rings. The number of amides is 1. The van der Waals surface area contributed by atoms with Gasteiger partial charge in [-0.2, -0.15) is 5.10 Å². The Morgan fingerprint density at radius 1 is 1.31 bits per heavy atom. The number of rotatable bonds is 3. The van der Waals surface area contributed by atoms with Crippen LogP contribution >= 0.6 is 11.6 Å². The van der Waals surface area contributed by atoms with Crippen molar-refractivity contribution in [1.82, 2.24) is 24.2 Å². The SMILES string of the molecule is O=C(C1CCCc2nn(Cc3ccc(Cl)nc3)c(=O)n21)N1CCC2CC21. The number of nitrogens with zero attached hydrogens (tertiary/aromatic N) is 5. The number of piperidine rings is 1. The molecule has 0 spiro atoms. The fourth-order valence-corrected chi connectivity index (χ4v) is 4.51. The van der Waals surface area contributed by atoms with Gasteiger partial charge in [0.25, 0.3) is 0 Å². The summed E-state index contributed by atoms with van der Waals surface area (Å²) in [6, 6.07) is 3.55. The van der Waals surface area contributed by atoms with Crippen molar-refractivity contribution in [2.24, 2.45) is 5.92 Å². The Labute approximate surface area is 155 Å². The van der Waals surface area contributed by atoms with E-state index in [1.165, 1.54) is 4.68 Å². The Kier molecular flexibility index (Phi) is 3.67. The van der Waals surface area contributed by atoms with Crippen molar-refractivity contribution in [3.05, 3.63) is 45.4 Å². The van der Waals surface area contributed by atoms with Crippen molar-refractivity contribution in [3.63, 3.8) is 0 Å². The number of hydrogen-bond donors (Lipinski definition) is 0. The van der Waals surface area contributed by atoms with Crippen molar-refractivity contribution in [3.8, 4) is 0 Å². The van der Waals surface area contributed by atoms with Crippen LogP contribution in [-0.2, 0) is 17.8 Å². The molecule has 26 heavy (non-hydrogen) atoms. The molecule has 136 valence electrons. The number of carbonyl (C=O) groups excluding carboxylic acids is 1. The third kappa shape index (κ3) is 2.57. The van der Waals surface area contributed by atoms with Crippen molar-refractivity contribution < 1.29 is 4.79 Å². The molecule has 2 aromatic heterocycles. The minimum absolute atomic E-state index is 0.103. The van der Waals surface area contributed by atoms with Crippen molar-refractivity contribution >= 4 is 17.5 Å². The number of hydrogen-bond acceptors (Lipinski definition) is 4. The predicted molar refractivity (Wildman–Crippen MR) is 95.0 cm³/mol. The summed E-state index contributed by atoms with van der Waals surface area (Å²) in [5, 5.41) is 4.91. The van der Waals surface area contributed by atoms with Gasteiger partial charge in [-0.1, -0.05) is 17.7 Å². The van der Waals surface area contributed by atoms with Crippen LogP contribution in [0.25, 0.3) is 0 Å². The summed E-state index contributed by atoms with van der Waals surface area (Å²) >= 11 is 5.82. The first-order valence-electron chi connectivity index (χ1n) is 9.21. The smallest absolute Gasteiger partial charge is 0.338 e. The molecule has 1 aliphatic carbocycles. The van der Waals surface area contributed by atoms with Crippen molar-refractivity contribution in [1.29, 1.82) is 0 Å². The zero-order valence-corrected chi connectivity index (χ0v) is 15.1. The van der Waals surface area contributed by atoms with E-state index >= 15 is 0 Å². The van der Waals surface area contributed by atoms with Crippen LogP contribution in [0.1, 0.15) is 43.1 Å². The molecule has 5 rings (SSSR count). The van der Waals surface area contributed by atoms with E-state index in [1.54, 1.807) is 16.8 Å². The lowest BCUT2D eigenvalue weighted by molar-refractivity contribution is -0.135. The Morgan fingerprint density at radius 2 is 2.19 bits per heavy atom. The molecular formula is C18H20ClN5O2. The number of halogens is 1. The van der Waals surface area contributed by atoms with Crippen LogP contribution < -0.4 is 5.69 Å². The first-order valence-corrected chi connectivity index (χ1v) is 9.59. The molecule has 8 heteroatoms. The highest BCUT2D eigenvalue weighted by Gasteiger charge is 2.50. The standard InChI is InChI=1S/C18H20ClN5O2/c19-15-5-4-11(9-20-15)10-23-18(26)24-13(2-1-3-16(24)21-23)17(25)22-7-6-12-8-14(12)22/h4-5,9,12-14H,1-3,6-8,10H2. The Balaban J connectivity index is 1.44. The molecule has 1 saturated heterocycles. The second kappa shape index (κ2) is 5.94. The molecular weight excluding hydrogens is 354 g/mol. The molecule has 7 nitrogen and oxygen atoms in total. The summed E-state index contributed by atoms with van der Waals surface area (Å²) in [6.07, 6.45) is 6.21. The Hall–Kier alpha value is -2.15. The summed E-state index contributed by atoms with van der Waals surface area (Å²) < 4.78 is 3.07. The van der Waals surface area contributed by atoms with Crippen molar-refractivity contribution in [2.75, 3.05) is 6.54 Å². The number of aromatic nitrogens is 4. The highest BCUT2D eigenvalue weighted by Crippen LogP contribution is 2.45. The number of fused-ring (bicyclic) bond motifs is 2. The van der Waals surface area contributed by atoms with Crippen LogP contribution in [0.4, 0.5) is 0 Å². The maximum atomic E-state index is 13.1. The van der Waals surface area contributed by atoms with Gasteiger partial charge in [0, 0.05) is 25.2 Å². The summed E-state index contributed by atoms with van der Waals surface area (Å²) in [4.78, 5) is 32.1. The fourth-order valence-electron chi connectivity index (χ4n) is 4.40. The van der Waals surface area contributed by atoms with E-state index in [9.17, 15) is 9.59 Å². The fraction of sp³-hybridized carbons (Fsp3) is 0.556. The number of aryl methyl sites for hydroxylation is 1. The average molecular weight is 374 g/mol. The second-order valence-electron chi connectivity index (χ2n) is 7.51. The first-order chi connectivity index (χ1) is 12.6. The maximum absolute atomic E-state index is 13.1. The van der Waals surface area contributed by atoms with Crippen LogP contribution in [0.3, 0.4) is 0 Å². The van der Waals surface area contributed by atoms with E-state index in [0.717, 1.165) is 37.8 Å². The van der Waals surface area contributed by atoms with Gasteiger partial charge in [-0.15, -0.1) is 0 Å². The lowest BCUT2D eigenvalue weighted by atomic mass is 10.0. The number of likely N-dealkylation sites (tertiary alicyclic amines) is 1. The van der Waals surface area contributed by atoms with Crippen LogP contribution in [0.15, 0.2) is 23.1 Å². The maximum Gasteiger partial charge on any atom is 0.346 e. The molecule has 1 saturated carbocycles. The molecule has 2 aliphatic heterocycles. The predicted octanol–water partition coefficient (Wildman–Crippen LogP) is 1.64. The van der Waals surface area contributed by atoms with E-state index in [4.69, 9.17) is 11.6 Å². The Morgan fingerprint density at radius 3 is 2.88 bits per heavy atom. The van der Waals surface area contributed by atoms with E-state index in [2.05, 4.69) is 10.1 Å². The van der Waals surface area contributed by atoms with Gasteiger partial charge in [-0.3, -0.25) is 9.36 Å². The van der Waals surface area contributed by atoms with Gasteiger partial charge >= 0.3 is 5.69 Å². The van der Waals surface area contributed by atoms with E-state index in [-0.39, 0.29) is 11.6 Å². The van der Waals surface area contributed by atoms with E-state index in [1.807, 2.05) is 11.0 Å². The molecule has 2 aromatic rings. The molecule has 4 heterocycles. The van der Waals surface area contributed by atoms with Crippen LogP contribution in [0, 0.1) is 5.92 Å². The highest BCUT2D eigenvalue weighted by molar-refractivity contribution is 6.29. The second-order valence-corrected chi connectivity index (χ2v) is 7.89. The lowest BCUT2D eigenvalue weighted by Gasteiger charge is -2.28. The van der Waals surface area contributed by atoms with Gasteiger partial charge in [0.15, 0.2) is 0 Å². The first kappa shape index (κ1) is 16.1. The number of pyridine rings is 1. The minimum atomic E-state index is -0.400. The highest BCUT2D eigenvalue weighted by atomic mass is 35.5. The topological polar surface area (TPSA) is 73.0 Å². The molecule has 0 aromatic carbocycles. The van der Waals surface area contributed by atoms with Gasteiger partial charge in [0.05, 0.1) is 6.54 Å². The summed E-state index contributed by atoms with van der Waals surface area (Å²) in [5.74, 6) is 1.51. The number of carbonyl (C=O) groups is 1. The zero-order chi connectivity index (χ0) is 17.8. The molecule has 0 radical (unpaired) electrons. The zero-order valence-electron chi connectivity index (χ0n) is 14.3. The van der Waals surface area contributed by atoms with Crippen LogP contribution in [0.2, 0.25) is 5.15 Å². The van der Waals surface area contributed by atoms with Crippen LogP contribution in [-0.4, -0.2) is 42.7 Å². The normalized spacial score (nSPS) is 26.5. The summed E-state index contributed by atoms with van der Waals surface area (Å²) in [5.41, 5.74) is 0.648. The van der Waals surface area contributed by atoms with Gasteiger partial charge in [0.2, 0.25) is 5.91 Å². The molecule has 1 amide bonds. The molecule has 3 atom stereocenters. The minimum Gasteiger partial charge on any atom is -0.338 e. The summed E-state index contributed by atoms with van der Waals surface area (Å²) in [7, 11) is 0. The van der Waals surface area contributed by atoms with Crippen molar-refractivity contribution in [2.45, 2.75) is 50.7 Å². The third-order valence-electron chi connectivity index (χ3n) is 5.85. The van der Waals surface area contributed by atoms with Gasteiger partial charge in [-0.05, 0) is 43.2 Å². The third-order valence-corrected chi connectivity index (χ3v) is 6.07. The van der Waals surface area contributed by atoms with Crippen LogP contribution in [0.5, 0.6) is 0 Å². The van der Waals surface area contributed by atoms with E-state index < -0.39 is 6.04 Å². The average Bonchev–Trinajstić information content (AvgIpc) is 3.19. The van der Waals surface area contributed by atoms with Gasteiger partial charge < -0.3 is 4.90 Å². The quantitative estimate of drug-likeness (QED) is 0.767. The molecule has 0 N–H and O–H groups in total.